The van der Waals surface area contributed by atoms with E-state index in [1.807, 2.05) is 0 Å². The van der Waals surface area contributed by atoms with Crippen LogP contribution in [0.15, 0.2) is 42.5 Å². The van der Waals surface area contributed by atoms with E-state index in [0.29, 0.717) is 11.1 Å². The highest BCUT2D eigenvalue weighted by Gasteiger charge is 2.17. The molecule has 104 valence electrons. The number of rotatable bonds is 3. The zero-order valence-electron chi connectivity index (χ0n) is 11.4. The highest BCUT2D eigenvalue weighted by molar-refractivity contribution is 5.97. The zero-order chi connectivity index (χ0) is 14.7. The summed E-state index contributed by atoms with van der Waals surface area (Å²) in [6.45, 7) is 1.88. The van der Waals surface area contributed by atoms with Crippen LogP contribution in [0.5, 0.6) is 5.75 Å². The molecular weight excluding hydrogens is 257 g/mol. The van der Waals surface area contributed by atoms with Crippen LogP contribution >= 0.6 is 0 Å². The van der Waals surface area contributed by atoms with Crippen molar-refractivity contribution in [3.63, 3.8) is 0 Å². The lowest BCUT2D eigenvalue weighted by atomic mass is 10.1. The summed E-state index contributed by atoms with van der Waals surface area (Å²) in [6.07, 6.45) is 0. The molecule has 0 aliphatic carbocycles. The predicted molar refractivity (Wildman–Crippen MR) is 75.0 cm³/mol. The van der Waals surface area contributed by atoms with Crippen molar-refractivity contribution in [1.29, 1.82) is 0 Å². The second-order valence-electron chi connectivity index (χ2n) is 4.72. The number of halogens is 1. The van der Waals surface area contributed by atoms with Crippen LogP contribution in [0.1, 0.15) is 21.5 Å². The van der Waals surface area contributed by atoms with Gasteiger partial charge in [0.05, 0.1) is 5.56 Å². The van der Waals surface area contributed by atoms with Gasteiger partial charge < -0.3 is 10.0 Å². The van der Waals surface area contributed by atoms with Crippen LogP contribution in [0.4, 0.5) is 4.39 Å². The Morgan fingerprint density at radius 3 is 2.60 bits per heavy atom. The van der Waals surface area contributed by atoms with Gasteiger partial charge >= 0.3 is 0 Å². The van der Waals surface area contributed by atoms with Crippen molar-refractivity contribution < 1.29 is 14.3 Å². The van der Waals surface area contributed by atoms with Gasteiger partial charge in [-0.1, -0.05) is 30.3 Å². The number of phenolic OH excluding ortho intramolecular Hbond substituents is 1. The first-order valence-electron chi connectivity index (χ1n) is 6.28. The van der Waals surface area contributed by atoms with E-state index < -0.39 is 0 Å². The molecule has 2 rings (SSSR count). The minimum Gasteiger partial charge on any atom is -0.507 e. The SMILES string of the molecule is Cc1cccc(C(=O)N(C)Cc2ccccc2F)c1O. The lowest BCUT2D eigenvalue weighted by Crippen LogP contribution is -2.26. The summed E-state index contributed by atoms with van der Waals surface area (Å²) >= 11 is 0. The monoisotopic (exact) mass is 273 g/mol. The number of carbonyl (C=O) groups excluding carboxylic acids is 1. The van der Waals surface area contributed by atoms with Crippen LogP contribution < -0.4 is 0 Å². The summed E-state index contributed by atoms with van der Waals surface area (Å²) < 4.78 is 13.6. The summed E-state index contributed by atoms with van der Waals surface area (Å²) in [5, 5.41) is 9.92. The minimum absolute atomic E-state index is 0.0297. The first-order chi connectivity index (χ1) is 9.50. The van der Waals surface area contributed by atoms with Gasteiger partial charge in [0.15, 0.2) is 0 Å². The lowest BCUT2D eigenvalue weighted by molar-refractivity contribution is 0.0780. The maximum atomic E-state index is 13.6. The fourth-order valence-corrected chi connectivity index (χ4v) is 1.99. The number of hydrogen-bond donors (Lipinski definition) is 1. The van der Waals surface area contributed by atoms with Crippen molar-refractivity contribution in [3.05, 3.63) is 65.0 Å². The van der Waals surface area contributed by atoms with Crippen molar-refractivity contribution in [2.45, 2.75) is 13.5 Å². The predicted octanol–water partition coefficient (Wildman–Crippen LogP) is 3.11. The molecule has 0 radical (unpaired) electrons. The fourth-order valence-electron chi connectivity index (χ4n) is 1.99. The average molecular weight is 273 g/mol. The summed E-state index contributed by atoms with van der Waals surface area (Å²) in [5.74, 6) is -0.715. The van der Waals surface area contributed by atoms with Crippen LogP contribution in [-0.2, 0) is 6.54 Å². The number of aromatic hydroxyl groups is 1. The molecule has 0 saturated carbocycles. The Balaban J connectivity index is 2.21. The van der Waals surface area contributed by atoms with Crippen LogP contribution in [0.3, 0.4) is 0 Å². The molecule has 2 aromatic carbocycles. The van der Waals surface area contributed by atoms with E-state index in [1.54, 1.807) is 50.4 Å². The average Bonchev–Trinajstić information content (AvgIpc) is 2.43. The number of para-hydroxylation sites is 1. The third-order valence-corrected chi connectivity index (χ3v) is 3.18. The Kier molecular flexibility index (Phi) is 4.03. The first-order valence-corrected chi connectivity index (χ1v) is 6.28. The van der Waals surface area contributed by atoms with Gasteiger partial charge in [0.2, 0.25) is 0 Å². The van der Waals surface area contributed by atoms with Crippen LogP contribution in [-0.4, -0.2) is 23.0 Å². The second-order valence-corrected chi connectivity index (χ2v) is 4.72. The largest absolute Gasteiger partial charge is 0.507 e. The minimum atomic E-state index is -0.347. The lowest BCUT2D eigenvalue weighted by Gasteiger charge is -2.18. The van der Waals surface area contributed by atoms with Crippen LogP contribution in [0.25, 0.3) is 0 Å². The summed E-state index contributed by atoms with van der Waals surface area (Å²) in [4.78, 5) is 13.7. The molecule has 4 heteroatoms. The maximum Gasteiger partial charge on any atom is 0.257 e. The number of aryl methyl sites for hydroxylation is 1. The van der Waals surface area contributed by atoms with E-state index in [9.17, 15) is 14.3 Å². The Morgan fingerprint density at radius 2 is 1.90 bits per heavy atom. The molecule has 0 aromatic heterocycles. The van der Waals surface area contributed by atoms with Gasteiger partial charge in [-0.25, -0.2) is 4.39 Å². The molecule has 0 saturated heterocycles. The van der Waals surface area contributed by atoms with E-state index in [0.717, 1.165) is 0 Å². The van der Waals surface area contributed by atoms with Crippen molar-refractivity contribution in [2.75, 3.05) is 7.05 Å². The molecular formula is C16H16FNO2. The fraction of sp³-hybridized carbons (Fsp3) is 0.188. The van der Waals surface area contributed by atoms with Gasteiger partial charge in [0.25, 0.3) is 5.91 Å². The van der Waals surface area contributed by atoms with Crippen LogP contribution in [0, 0.1) is 12.7 Å². The zero-order valence-corrected chi connectivity index (χ0v) is 11.4. The van der Waals surface area contributed by atoms with Gasteiger partial charge in [-0.3, -0.25) is 4.79 Å². The van der Waals surface area contributed by atoms with Gasteiger partial charge in [0.1, 0.15) is 11.6 Å². The molecule has 1 N–H and O–H groups in total. The van der Waals surface area contributed by atoms with E-state index >= 15 is 0 Å². The van der Waals surface area contributed by atoms with Gasteiger partial charge in [0, 0.05) is 19.2 Å². The molecule has 20 heavy (non-hydrogen) atoms. The highest BCUT2D eigenvalue weighted by atomic mass is 19.1. The third kappa shape index (κ3) is 2.79. The molecule has 0 fully saturated rings. The van der Waals surface area contributed by atoms with Crippen molar-refractivity contribution >= 4 is 5.91 Å². The van der Waals surface area contributed by atoms with E-state index in [1.165, 1.54) is 11.0 Å². The molecule has 0 aliphatic rings. The molecule has 0 unspecified atom stereocenters. The number of amides is 1. The molecule has 1 amide bonds. The van der Waals surface area contributed by atoms with Crippen molar-refractivity contribution in [2.24, 2.45) is 0 Å². The smallest absolute Gasteiger partial charge is 0.257 e. The van der Waals surface area contributed by atoms with E-state index in [2.05, 4.69) is 0 Å². The van der Waals surface area contributed by atoms with E-state index in [4.69, 9.17) is 0 Å². The van der Waals surface area contributed by atoms with Gasteiger partial charge in [-0.2, -0.15) is 0 Å². The molecule has 2 aromatic rings. The molecule has 0 heterocycles. The number of nitrogens with zero attached hydrogens (tertiary/aromatic N) is 1. The number of phenols is 1. The molecule has 3 nitrogen and oxygen atoms in total. The Hall–Kier alpha value is -2.36. The van der Waals surface area contributed by atoms with Crippen molar-refractivity contribution in [3.8, 4) is 5.75 Å². The molecule has 0 atom stereocenters. The normalized spacial score (nSPS) is 10.3. The summed E-state index contributed by atoms with van der Waals surface area (Å²) in [7, 11) is 1.58. The Labute approximate surface area is 117 Å². The molecule has 0 bridgehead atoms. The molecule has 0 spiro atoms. The number of hydrogen-bond acceptors (Lipinski definition) is 2. The summed E-state index contributed by atoms with van der Waals surface area (Å²) in [5.41, 5.74) is 1.30. The Morgan fingerprint density at radius 1 is 1.20 bits per heavy atom. The number of benzene rings is 2. The second kappa shape index (κ2) is 5.74. The number of carbonyl (C=O) groups is 1. The van der Waals surface area contributed by atoms with Crippen LogP contribution in [0.2, 0.25) is 0 Å². The summed E-state index contributed by atoms with van der Waals surface area (Å²) in [6, 6.07) is 11.3. The topological polar surface area (TPSA) is 40.5 Å². The molecule has 0 aliphatic heterocycles. The van der Waals surface area contributed by atoms with E-state index in [-0.39, 0.29) is 29.6 Å². The van der Waals surface area contributed by atoms with Gasteiger partial charge in [-0.15, -0.1) is 0 Å². The van der Waals surface area contributed by atoms with Gasteiger partial charge in [-0.05, 0) is 24.6 Å². The Bertz CT molecular complexity index is 640. The first kappa shape index (κ1) is 14.1. The maximum absolute atomic E-state index is 13.6. The third-order valence-electron chi connectivity index (χ3n) is 3.18. The van der Waals surface area contributed by atoms with Crippen molar-refractivity contribution in [1.82, 2.24) is 4.90 Å². The highest BCUT2D eigenvalue weighted by Crippen LogP contribution is 2.23. The standard InChI is InChI=1S/C16H16FNO2/c1-11-6-5-8-13(15(11)19)16(20)18(2)10-12-7-3-4-9-14(12)17/h3-9,19H,10H2,1-2H3. The quantitative estimate of drug-likeness (QED) is 0.933.